The molecule has 0 aliphatic heterocycles. The van der Waals surface area contributed by atoms with Gasteiger partial charge in [0.1, 0.15) is 0 Å². The number of nitrogens with two attached hydrogens (primary N) is 3. The Kier molecular flexibility index (Phi) is 23.2. The molecule has 0 heterocycles. The van der Waals surface area contributed by atoms with E-state index in [9.17, 15) is 0 Å². The van der Waals surface area contributed by atoms with Crippen LogP contribution in [0, 0.1) is 46.3 Å². The zero-order valence-corrected chi connectivity index (χ0v) is 37.7. The predicted molar refractivity (Wildman–Crippen MR) is 238 cm³/mol. The topological polar surface area (TPSA) is 118 Å². The summed E-state index contributed by atoms with van der Waals surface area (Å²) in [6.45, 7) is 17.0. The minimum absolute atomic E-state index is 0.179. The van der Waals surface area contributed by atoms with Crippen molar-refractivity contribution in [3.05, 3.63) is 0 Å². The lowest BCUT2D eigenvalue weighted by molar-refractivity contribution is -0.227. The Morgan fingerprint density at radius 1 is 0.607 bits per heavy atom. The van der Waals surface area contributed by atoms with Crippen LogP contribution in [-0.2, 0) is 14.2 Å². The largest absolute Gasteiger partial charge is 0.378 e. The molecule has 0 saturated heterocycles. The summed E-state index contributed by atoms with van der Waals surface area (Å²) in [5.74, 6) is 3.91. The molecule has 330 valence electrons. The van der Waals surface area contributed by atoms with Gasteiger partial charge in [0.05, 0.1) is 18.3 Å². The highest BCUT2D eigenvalue weighted by atomic mass is 16.5. The van der Waals surface area contributed by atoms with Crippen LogP contribution in [0.2, 0.25) is 0 Å². The molecule has 0 bridgehead atoms. The average molecular weight is 789 g/mol. The number of nitrogens with one attached hydrogen (secondary N) is 1. The lowest BCUT2D eigenvalue weighted by Gasteiger charge is -2.65. The van der Waals surface area contributed by atoms with E-state index in [4.69, 9.17) is 31.4 Å². The fraction of sp³-hybridized carbons (Fsp3) is 1.00. The van der Waals surface area contributed by atoms with Crippen molar-refractivity contribution in [2.75, 3.05) is 52.5 Å². The first-order valence-electron chi connectivity index (χ1n) is 25.0. The maximum atomic E-state index is 7.07. The van der Waals surface area contributed by atoms with Crippen molar-refractivity contribution >= 4 is 0 Å². The second-order valence-electron chi connectivity index (χ2n) is 19.9. The van der Waals surface area contributed by atoms with Crippen LogP contribution >= 0.6 is 0 Å². The Morgan fingerprint density at radius 2 is 1.18 bits per heavy atom. The Labute approximate surface area is 347 Å². The van der Waals surface area contributed by atoms with E-state index in [1.165, 1.54) is 148 Å². The van der Waals surface area contributed by atoms with Crippen LogP contribution in [0.25, 0.3) is 0 Å². The Morgan fingerprint density at radius 3 is 1.80 bits per heavy atom. The van der Waals surface area contributed by atoms with Gasteiger partial charge in [-0.25, -0.2) is 0 Å². The normalized spacial score (nSPS) is 33.3. The van der Waals surface area contributed by atoms with Gasteiger partial charge < -0.3 is 36.7 Å². The molecule has 0 spiro atoms. The second kappa shape index (κ2) is 26.8. The lowest BCUT2D eigenvalue weighted by atomic mass is 9.43. The van der Waals surface area contributed by atoms with Crippen LogP contribution in [0.1, 0.15) is 195 Å². The summed E-state index contributed by atoms with van der Waals surface area (Å²) < 4.78 is 20.5. The van der Waals surface area contributed by atoms with Gasteiger partial charge in [0, 0.05) is 25.2 Å². The first kappa shape index (κ1) is 48.4. The molecule has 7 heteroatoms. The SMILES string of the molecule is CCCCCCCCCCCCCCCCNCCC[C@@H](C)C1CC[C@H]2C3[C@H](OCCCN)CC4C[C@H](OCCCN)CCC4(C)[C@H]3C[C@H](OCCCN)[C@]12C. The lowest BCUT2D eigenvalue weighted by Crippen LogP contribution is -2.63. The number of rotatable bonds is 32. The Bertz CT molecular complexity index is 1000. The van der Waals surface area contributed by atoms with E-state index < -0.39 is 0 Å². The average Bonchev–Trinajstić information content (AvgIpc) is 3.56. The van der Waals surface area contributed by atoms with Gasteiger partial charge in [-0.1, -0.05) is 111 Å². The minimum atomic E-state index is 0.179. The number of unbranched alkanes of at least 4 members (excludes halogenated alkanes) is 13. The monoisotopic (exact) mass is 789 g/mol. The fourth-order valence-corrected chi connectivity index (χ4v) is 12.9. The highest BCUT2D eigenvalue weighted by Crippen LogP contribution is 2.69. The van der Waals surface area contributed by atoms with Crippen molar-refractivity contribution in [2.45, 2.75) is 213 Å². The molecule has 4 saturated carbocycles. The zero-order valence-electron chi connectivity index (χ0n) is 37.7. The third kappa shape index (κ3) is 13.9. The summed E-state index contributed by atoms with van der Waals surface area (Å²) in [7, 11) is 0. The maximum absolute atomic E-state index is 7.07. The van der Waals surface area contributed by atoms with E-state index in [1.54, 1.807) is 0 Å². The van der Waals surface area contributed by atoms with E-state index in [2.05, 4.69) is 33.0 Å². The summed E-state index contributed by atoms with van der Waals surface area (Å²) in [5, 5.41) is 3.82. The van der Waals surface area contributed by atoms with Crippen molar-refractivity contribution in [1.82, 2.24) is 5.32 Å². The Balaban J connectivity index is 1.26. The number of hydrogen-bond donors (Lipinski definition) is 4. The van der Waals surface area contributed by atoms with E-state index in [0.29, 0.717) is 78.9 Å². The van der Waals surface area contributed by atoms with Crippen LogP contribution in [0.4, 0.5) is 0 Å². The molecule has 7 nitrogen and oxygen atoms in total. The van der Waals surface area contributed by atoms with Gasteiger partial charge in [-0.15, -0.1) is 0 Å². The molecule has 0 aromatic carbocycles. The third-order valence-electron chi connectivity index (χ3n) is 16.2. The highest BCUT2D eigenvalue weighted by molar-refractivity contribution is 5.15. The highest BCUT2D eigenvalue weighted by Gasteiger charge is 2.66. The molecule has 4 aliphatic carbocycles. The quantitative estimate of drug-likeness (QED) is 0.0501. The van der Waals surface area contributed by atoms with Gasteiger partial charge in [-0.2, -0.15) is 0 Å². The van der Waals surface area contributed by atoms with Crippen LogP contribution in [-0.4, -0.2) is 70.9 Å². The van der Waals surface area contributed by atoms with Gasteiger partial charge in [-0.3, -0.25) is 0 Å². The zero-order chi connectivity index (χ0) is 40.1. The molecule has 4 fully saturated rings. The molecule has 11 atom stereocenters. The molecule has 4 unspecified atom stereocenters. The number of ether oxygens (including phenoxy) is 3. The van der Waals surface area contributed by atoms with Gasteiger partial charge >= 0.3 is 0 Å². The van der Waals surface area contributed by atoms with Crippen molar-refractivity contribution < 1.29 is 14.2 Å². The Hall–Kier alpha value is -0.280. The summed E-state index contributed by atoms with van der Waals surface area (Å²) in [5.41, 5.74) is 18.3. The number of hydrogen-bond acceptors (Lipinski definition) is 7. The van der Waals surface area contributed by atoms with Crippen LogP contribution in [0.15, 0.2) is 0 Å². The third-order valence-corrected chi connectivity index (χ3v) is 16.2. The molecular formula is C49H96N4O3. The minimum Gasteiger partial charge on any atom is -0.378 e. The van der Waals surface area contributed by atoms with Crippen LogP contribution in [0.5, 0.6) is 0 Å². The van der Waals surface area contributed by atoms with Crippen LogP contribution < -0.4 is 22.5 Å². The van der Waals surface area contributed by atoms with Gasteiger partial charge in [0.25, 0.3) is 0 Å². The standard InChI is InChI=1S/C49H96N4O3/c1-5-6-7-8-9-10-11-12-13-14-15-16-17-18-31-53-32-19-23-39(2)42-24-25-43-47-44(38-46(49(42,43)4)56-35-22-30-52)48(3)27-26-41(54-33-20-28-50)36-40(48)37-45(47)55-34-21-29-51/h39-47,53H,5-38,50-52H2,1-4H3/t39-,40?,41-,42?,43+,44+,45-,46+,47?,48?,49-/m1/s1. The van der Waals surface area contributed by atoms with E-state index in [-0.39, 0.29) is 5.41 Å². The van der Waals surface area contributed by atoms with E-state index >= 15 is 0 Å². The molecule has 0 radical (unpaired) electrons. The summed E-state index contributed by atoms with van der Waals surface area (Å²) in [6, 6.07) is 0. The van der Waals surface area contributed by atoms with Gasteiger partial charge in [-0.05, 0) is 157 Å². The van der Waals surface area contributed by atoms with Gasteiger partial charge in [0.2, 0.25) is 0 Å². The maximum Gasteiger partial charge on any atom is 0.0637 e. The molecule has 0 aromatic heterocycles. The molecule has 0 amide bonds. The second-order valence-corrected chi connectivity index (χ2v) is 19.9. The van der Waals surface area contributed by atoms with E-state index in [0.717, 1.165) is 52.0 Å². The summed E-state index contributed by atoms with van der Waals surface area (Å²) >= 11 is 0. The smallest absolute Gasteiger partial charge is 0.0637 e. The molecule has 56 heavy (non-hydrogen) atoms. The number of fused-ring (bicyclic) bond motifs is 5. The predicted octanol–water partition coefficient (Wildman–Crippen LogP) is 10.6. The van der Waals surface area contributed by atoms with Crippen molar-refractivity contribution in [1.29, 1.82) is 0 Å². The molecule has 4 aliphatic rings. The summed E-state index contributed by atoms with van der Waals surface area (Å²) in [4.78, 5) is 0. The van der Waals surface area contributed by atoms with E-state index in [1.807, 2.05) is 0 Å². The first-order valence-corrected chi connectivity index (χ1v) is 25.0. The van der Waals surface area contributed by atoms with Crippen molar-refractivity contribution in [3.63, 3.8) is 0 Å². The molecule has 0 aromatic rings. The molecule has 4 rings (SSSR count). The molecule has 7 N–H and O–H groups in total. The van der Waals surface area contributed by atoms with Crippen LogP contribution in [0.3, 0.4) is 0 Å². The summed E-state index contributed by atoms with van der Waals surface area (Å²) in [6.07, 6.45) is 35.0. The fourth-order valence-electron chi connectivity index (χ4n) is 12.9. The van der Waals surface area contributed by atoms with Crippen molar-refractivity contribution in [2.24, 2.45) is 63.5 Å². The van der Waals surface area contributed by atoms with Crippen molar-refractivity contribution in [3.8, 4) is 0 Å². The first-order chi connectivity index (χ1) is 27.3. The van der Waals surface area contributed by atoms with Gasteiger partial charge in [0.15, 0.2) is 0 Å². The molecular weight excluding hydrogens is 693 g/mol.